The van der Waals surface area contributed by atoms with E-state index in [0.29, 0.717) is 29.3 Å². The first-order chi connectivity index (χ1) is 17.4. The highest BCUT2D eigenvalue weighted by Gasteiger charge is 2.52. The minimum Gasteiger partial charge on any atom is -0.507 e. The molecule has 3 aromatic rings. The maximum absolute atomic E-state index is 15.8. The van der Waals surface area contributed by atoms with Crippen LogP contribution >= 0.6 is 0 Å². The highest BCUT2D eigenvalue weighted by molar-refractivity contribution is 5.68. The number of nitrogens with zero attached hydrogens (tertiary/aromatic N) is 7. The van der Waals surface area contributed by atoms with Gasteiger partial charge in [0.25, 0.3) is 0 Å². The van der Waals surface area contributed by atoms with Crippen molar-refractivity contribution in [1.82, 2.24) is 30.3 Å². The SMILES string of the molecule is C[C@@]12CCC[C@@H](C[C@H](N(c3ncc(-c4ccc(-n5cc(F)c(C#N)n5)cc4O)nn3)C3CC3)[C@@H]1F)N2. The van der Waals surface area contributed by atoms with Gasteiger partial charge in [0.15, 0.2) is 11.5 Å². The summed E-state index contributed by atoms with van der Waals surface area (Å²) < 4.78 is 30.7. The predicted octanol–water partition coefficient (Wildman–Crippen LogP) is 3.42. The molecule has 186 valence electrons. The van der Waals surface area contributed by atoms with Crippen LogP contribution in [0.25, 0.3) is 16.9 Å². The molecule has 2 aromatic heterocycles. The van der Waals surface area contributed by atoms with E-state index in [4.69, 9.17) is 5.26 Å². The fraction of sp³-hybridized carbons (Fsp3) is 0.480. The number of aromatic nitrogens is 5. The van der Waals surface area contributed by atoms with Crippen molar-refractivity contribution in [3.05, 3.63) is 42.1 Å². The molecule has 6 rings (SSSR count). The summed E-state index contributed by atoms with van der Waals surface area (Å²) in [7, 11) is 0. The largest absolute Gasteiger partial charge is 0.507 e. The summed E-state index contributed by atoms with van der Waals surface area (Å²) in [5.41, 5.74) is 0.266. The molecule has 0 radical (unpaired) electrons. The molecule has 36 heavy (non-hydrogen) atoms. The van der Waals surface area contributed by atoms with Gasteiger partial charge in [-0.15, -0.1) is 10.2 Å². The number of benzene rings is 1. The molecule has 3 aliphatic rings. The second-order valence-electron chi connectivity index (χ2n) is 10.2. The number of aromatic hydroxyl groups is 1. The molecule has 11 heteroatoms. The molecule has 3 fully saturated rings. The summed E-state index contributed by atoms with van der Waals surface area (Å²) >= 11 is 0. The molecule has 2 bridgehead atoms. The molecule has 1 aromatic carbocycles. The van der Waals surface area contributed by atoms with E-state index in [1.54, 1.807) is 18.2 Å². The van der Waals surface area contributed by atoms with Gasteiger partial charge < -0.3 is 15.3 Å². The molecular formula is C25H26F2N8O. The van der Waals surface area contributed by atoms with Crippen LogP contribution in [0.3, 0.4) is 0 Å². The molecule has 2 N–H and O–H groups in total. The van der Waals surface area contributed by atoms with E-state index < -0.39 is 17.5 Å². The van der Waals surface area contributed by atoms with Gasteiger partial charge >= 0.3 is 0 Å². The van der Waals surface area contributed by atoms with Gasteiger partial charge in [-0.25, -0.2) is 18.4 Å². The first-order valence-electron chi connectivity index (χ1n) is 12.2. The fourth-order valence-electron chi connectivity index (χ4n) is 5.70. The molecule has 0 unspecified atom stereocenters. The topological polar surface area (TPSA) is 116 Å². The maximum atomic E-state index is 15.8. The van der Waals surface area contributed by atoms with E-state index in [0.717, 1.165) is 38.3 Å². The number of hydrogen-bond donors (Lipinski definition) is 2. The number of piperidine rings is 2. The fourth-order valence-corrected chi connectivity index (χ4v) is 5.70. The van der Waals surface area contributed by atoms with Crippen LogP contribution in [0.5, 0.6) is 5.75 Å². The Morgan fingerprint density at radius 3 is 2.78 bits per heavy atom. The highest BCUT2D eigenvalue weighted by atomic mass is 19.1. The Balaban J connectivity index is 1.27. The summed E-state index contributed by atoms with van der Waals surface area (Å²) in [6, 6.07) is 6.50. The van der Waals surface area contributed by atoms with Crippen molar-refractivity contribution in [1.29, 1.82) is 5.26 Å². The van der Waals surface area contributed by atoms with Gasteiger partial charge in [-0.1, -0.05) is 0 Å². The van der Waals surface area contributed by atoms with Crippen molar-refractivity contribution in [3.63, 3.8) is 0 Å². The van der Waals surface area contributed by atoms with E-state index in [2.05, 4.69) is 25.6 Å². The smallest absolute Gasteiger partial charge is 0.245 e. The van der Waals surface area contributed by atoms with Gasteiger partial charge in [-0.3, -0.25) is 0 Å². The van der Waals surface area contributed by atoms with Gasteiger partial charge in [-0.2, -0.15) is 10.4 Å². The Kier molecular flexibility index (Phi) is 5.37. The van der Waals surface area contributed by atoms with E-state index >= 15 is 4.39 Å². The van der Waals surface area contributed by atoms with Crippen LogP contribution in [0.15, 0.2) is 30.6 Å². The minimum absolute atomic E-state index is 0.118. The molecule has 1 aliphatic carbocycles. The number of rotatable bonds is 5. The molecule has 1 saturated carbocycles. The van der Waals surface area contributed by atoms with Gasteiger partial charge in [-0.05, 0) is 57.6 Å². The molecule has 2 aliphatic heterocycles. The Morgan fingerprint density at radius 1 is 1.28 bits per heavy atom. The van der Waals surface area contributed by atoms with Crippen LogP contribution in [0.4, 0.5) is 14.7 Å². The standard InChI is InChI=1S/C25H26F2N8O/c1-25-8-2-3-14(30-25)9-21(23(25)27)35(15-4-5-15)24-29-12-20(31-32-24)17-7-6-16(10-22(17)36)34-13-18(26)19(11-28)33-34/h6-7,10,12-15,21,23,30,36H,2-5,8-9H2,1H3/t14-,21-,23-,25+/m0/s1. The van der Waals surface area contributed by atoms with E-state index in [9.17, 15) is 9.50 Å². The van der Waals surface area contributed by atoms with Crippen molar-refractivity contribution in [3.8, 4) is 28.8 Å². The molecule has 4 heterocycles. The molecule has 0 amide bonds. The molecule has 0 spiro atoms. The zero-order chi connectivity index (χ0) is 25.0. The number of phenols is 1. The van der Waals surface area contributed by atoms with Gasteiger partial charge in [0.2, 0.25) is 5.95 Å². The van der Waals surface area contributed by atoms with Gasteiger partial charge in [0.05, 0.1) is 24.1 Å². The summed E-state index contributed by atoms with van der Waals surface area (Å²) in [6.45, 7) is 1.98. The number of fused-ring (bicyclic) bond motifs is 2. The van der Waals surface area contributed by atoms with Gasteiger partial charge in [0.1, 0.15) is 23.7 Å². The normalized spacial score (nSPS) is 27.4. The van der Waals surface area contributed by atoms with Gasteiger partial charge in [0, 0.05) is 29.3 Å². The number of alkyl halides is 1. The van der Waals surface area contributed by atoms with E-state index in [1.807, 2.05) is 11.8 Å². The zero-order valence-corrected chi connectivity index (χ0v) is 19.8. The molecule has 9 nitrogen and oxygen atoms in total. The van der Waals surface area contributed by atoms with Crippen LogP contribution in [0.1, 0.15) is 51.1 Å². The zero-order valence-electron chi connectivity index (χ0n) is 19.8. The van der Waals surface area contributed by atoms with Crippen LogP contribution in [0.2, 0.25) is 0 Å². The predicted molar refractivity (Wildman–Crippen MR) is 127 cm³/mol. The molecule has 4 atom stereocenters. The number of anilines is 1. The summed E-state index contributed by atoms with van der Waals surface area (Å²) in [6.07, 6.45) is 7.14. The summed E-state index contributed by atoms with van der Waals surface area (Å²) in [5.74, 6) is -0.453. The Bertz CT molecular complexity index is 1330. The average Bonchev–Trinajstić information content (AvgIpc) is 3.63. The molecular weight excluding hydrogens is 466 g/mol. The van der Waals surface area contributed by atoms with Crippen molar-refractivity contribution >= 4 is 5.95 Å². The van der Waals surface area contributed by atoms with Crippen LogP contribution in [0, 0.1) is 17.1 Å². The lowest BCUT2D eigenvalue weighted by Gasteiger charge is -2.52. The van der Waals surface area contributed by atoms with E-state index in [1.165, 1.54) is 16.9 Å². The first-order valence-corrected chi connectivity index (χ1v) is 12.2. The highest BCUT2D eigenvalue weighted by Crippen LogP contribution is 2.42. The third-order valence-corrected chi connectivity index (χ3v) is 7.63. The van der Waals surface area contributed by atoms with E-state index in [-0.39, 0.29) is 29.6 Å². The van der Waals surface area contributed by atoms with Crippen molar-refractivity contribution in [2.45, 2.75) is 75.3 Å². The summed E-state index contributed by atoms with van der Waals surface area (Å²) in [4.78, 5) is 6.57. The quantitative estimate of drug-likeness (QED) is 0.557. The van der Waals surface area contributed by atoms with Crippen LogP contribution < -0.4 is 10.2 Å². The lowest BCUT2D eigenvalue weighted by atomic mass is 9.73. The van der Waals surface area contributed by atoms with Crippen LogP contribution in [-0.2, 0) is 0 Å². The first kappa shape index (κ1) is 22.8. The number of phenolic OH excluding ortho intramolecular Hbond substituents is 1. The number of nitriles is 1. The second-order valence-corrected chi connectivity index (χ2v) is 10.2. The second kappa shape index (κ2) is 8.48. The Morgan fingerprint density at radius 2 is 2.11 bits per heavy atom. The van der Waals surface area contributed by atoms with Crippen molar-refractivity contribution in [2.24, 2.45) is 0 Å². The lowest BCUT2D eigenvalue weighted by Crippen LogP contribution is -2.69. The lowest BCUT2D eigenvalue weighted by molar-refractivity contribution is 0.0383. The monoisotopic (exact) mass is 492 g/mol. The minimum atomic E-state index is -1.04. The van der Waals surface area contributed by atoms with Crippen molar-refractivity contribution < 1.29 is 13.9 Å². The average molecular weight is 493 g/mol. The maximum Gasteiger partial charge on any atom is 0.245 e. The summed E-state index contributed by atoms with van der Waals surface area (Å²) in [5, 5.41) is 35.6. The number of halogens is 2. The third kappa shape index (κ3) is 3.86. The number of nitrogens with one attached hydrogen (secondary N) is 1. The molecule has 2 saturated heterocycles. The Labute approximate surface area is 206 Å². The van der Waals surface area contributed by atoms with Crippen molar-refractivity contribution in [2.75, 3.05) is 4.90 Å². The third-order valence-electron chi connectivity index (χ3n) is 7.63. The Hall–Kier alpha value is -3.65. The van der Waals surface area contributed by atoms with Crippen LogP contribution in [-0.4, -0.2) is 59.9 Å². The number of hydrogen-bond acceptors (Lipinski definition) is 8.